The van der Waals surface area contributed by atoms with Gasteiger partial charge < -0.3 is 5.32 Å². The summed E-state index contributed by atoms with van der Waals surface area (Å²) in [5.41, 5.74) is 0.737. The van der Waals surface area contributed by atoms with Crippen LogP contribution in [0.2, 0.25) is 0 Å². The lowest BCUT2D eigenvalue weighted by molar-refractivity contribution is 0.402. The first-order chi connectivity index (χ1) is 6.39. The van der Waals surface area contributed by atoms with Crippen molar-refractivity contribution >= 4 is 16.9 Å². The van der Waals surface area contributed by atoms with Gasteiger partial charge in [-0.1, -0.05) is 32.5 Å². The minimum absolute atomic E-state index is 0.363. The quantitative estimate of drug-likeness (QED) is 0.722. The zero-order chi connectivity index (χ0) is 10.4. The van der Waals surface area contributed by atoms with E-state index in [2.05, 4.69) is 38.0 Å². The smallest absolute Gasteiger partial charge is 0.157 e. The highest BCUT2D eigenvalue weighted by Gasteiger charge is 2.40. The Bertz CT molecular complexity index is 261. The van der Waals surface area contributed by atoms with Gasteiger partial charge >= 0.3 is 0 Å². The van der Waals surface area contributed by atoms with Gasteiger partial charge in [0.05, 0.1) is 6.54 Å². The molecule has 0 amide bonds. The van der Waals surface area contributed by atoms with Crippen LogP contribution in [0.15, 0.2) is 4.99 Å². The van der Waals surface area contributed by atoms with Crippen LogP contribution in [0.4, 0.5) is 0 Å². The fourth-order valence-electron chi connectivity index (χ4n) is 1.47. The third-order valence-corrected chi connectivity index (χ3v) is 4.62. The van der Waals surface area contributed by atoms with Crippen molar-refractivity contribution in [1.82, 2.24) is 5.32 Å². The van der Waals surface area contributed by atoms with Gasteiger partial charge in [0.25, 0.3) is 0 Å². The highest BCUT2D eigenvalue weighted by Crippen LogP contribution is 2.39. The maximum Gasteiger partial charge on any atom is 0.157 e. The molecular formula is C11H20N2S. The van der Waals surface area contributed by atoms with Gasteiger partial charge in [0.15, 0.2) is 5.17 Å². The van der Waals surface area contributed by atoms with Gasteiger partial charge in [-0.15, -0.1) is 0 Å². The molecule has 1 aliphatic carbocycles. The monoisotopic (exact) mass is 212 g/mol. The van der Waals surface area contributed by atoms with Crippen molar-refractivity contribution in [2.45, 2.75) is 51.3 Å². The maximum atomic E-state index is 4.58. The van der Waals surface area contributed by atoms with Crippen molar-refractivity contribution in [3.63, 3.8) is 0 Å². The Balaban J connectivity index is 1.87. The van der Waals surface area contributed by atoms with Crippen molar-refractivity contribution in [2.75, 3.05) is 6.54 Å². The molecule has 0 aromatic carbocycles. The summed E-state index contributed by atoms with van der Waals surface area (Å²) in [6, 6.07) is 0. The van der Waals surface area contributed by atoms with Crippen molar-refractivity contribution < 1.29 is 0 Å². The summed E-state index contributed by atoms with van der Waals surface area (Å²) in [6.07, 6.45) is 2.60. The minimum Gasteiger partial charge on any atom is -0.360 e. The van der Waals surface area contributed by atoms with Gasteiger partial charge in [0.1, 0.15) is 0 Å². The van der Waals surface area contributed by atoms with Gasteiger partial charge in [0, 0.05) is 10.8 Å². The zero-order valence-corrected chi connectivity index (χ0v) is 10.4. The van der Waals surface area contributed by atoms with E-state index in [1.165, 1.54) is 18.0 Å². The third kappa shape index (κ3) is 2.25. The molecule has 0 saturated heterocycles. The molecule has 1 fully saturated rings. The molecule has 1 aliphatic heterocycles. The number of amidine groups is 1. The number of hydrogen-bond donors (Lipinski definition) is 1. The van der Waals surface area contributed by atoms with Crippen LogP contribution in [0.3, 0.4) is 0 Å². The molecule has 1 atom stereocenters. The van der Waals surface area contributed by atoms with Crippen LogP contribution in [0.25, 0.3) is 0 Å². The topological polar surface area (TPSA) is 24.4 Å². The van der Waals surface area contributed by atoms with Crippen LogP contribution >= 0.6 is 11.8 Å². The SMILES string of the molecule is CC1(NC2=NCC(C(C)(C)C)S2)CC1. The van der Waals surface area contributed by atoms with Gasteiger partial charge in [-0.25, -0.2) is 0 Å². The number of thioether (sulfide) groups is 1. The molecule has 1 heterocycles. The van der Waals surface area contributed by atoms with Crippen LogP contribution in [0, 0.1) is 5.41 Å². The molecule has 1 unspecified atom stereocenters. The van der Waals surface area contributed by atoms with Gasteiger partial charge in [-0.3, -0.25) is 4.99 Å². The Labute approximate surface area is 90.9 Å². The second kappa shape index (κ2) is 3.16. The highest BCUT2D eigenvalue weighted by atomic mass is 32.2. The molecule has 2 rings (SSSR count). The van der Waals surface area contributed by atoms with E-state index in [1.54, 1.807) is 0 Å². The predicted octanol–water partition coefficient (Wildman–Crippen LogP) is 2.65. The van der Waals surface area contributed by atoms with E-state index in [0.29, 0.717) is 16.2 Å². The molecule has 2 aliphatic rings. The lowest BCUT2D eigenvalue weighted by Crippen LogP contribution is -2.32. The highest BCUT2D eigenvalue weighted by molar-refractivity contribution is 8.14. The van der Waals surface area contributed by atoms with Crippen LogP contribution in [-0.4, -0.2) is 22.5 Å². The average Bonchev–Trinajstić information content (AvgIpc) is 2.61. The molecule has 2 nitrogen and oxygen atoms in total. The van der Waals surface area contributed by atoms with Crippen LogP contribution in [0.5, 0.6) is 0 Å². The second-order valence-corrected chi connectivity index (χ2v) is 7.00. The van der Waals surface area contributed by atoms with E-state index >= 15 is 0 Å². The molecule has 14 heavy (non-hydrogen) atoms. The van der Waals surface area contributed by atoms with Gasteiger partial charge in [-0.05, 0) is 25.2 Å². The van der Waals surface area contributed by atoms with Gasteiger partial charge in [0.2, 0.25) is 0 Å². The van der Waals surface area contributed by atoms with E-state index < -0.39 is 0 Å². The summed E-state index contributed by atoms with van der Waals surface area (Å²) in [5.74, 6) is 0. The fourth-order valence-corrected chi connectivity index (χ4v) is 2.69. The molecule has 1 saturated carbocycles. The van der Waals surface area contributed by atoms with E-state index in [0.717, 1.165) is 6.54 Å². The molecule has 80 valence electrons. The Morgan fingerprint density at radius 1 is 1.43 bits per heavy atom. The Morgan fingerprint density at radius 3 is 2.50 bits per heavy atom. The predicted molar refractivity (Wildman–Crippen MR) is 63.9 cm³/mol. The molecule has 1 N–H and O–H groups in total. The summed E-state index contributed by atoms with van der Waals surface area (Å²) in [4.78, 5) is 4.58. The van der Waals surface area contributed by atoms with E-state index in [4.69, 9.17) is 0 Å². The molecule has 3 heteroatoms. The normalized spacial score (nSPS) is 30.0. The van der Waals surface area contributed by atoms with Crippen molar-refractivity contribution in [3.8, 4) is 0 Å². The standard InChI is InChI=1S/C11H20N2S/c1-10(2,3)8-7-12-9(14-8)13-11(4)5-6-11/h8H,5-7H2,1-4H3,(H,12,13). The van der Waals surface area contributed by atoms with Crippen LogP contribution < -0.4 is 5.32 Å². The second-order valence-electron chi connectivity index (χ2n) is 5.80. The van der Waals surface area contributed by atoms with Crippen LogP contribution in [-0.2, 0) is 0 Å². The van der Waals surface area contributed by atoms with E-state index in [9.17, 15) is 0 Å². The Morgan fingerprint density at radius 2 is 2.07 bits per heavy atom. The summed E-state index contributed by atoms with van der Waals surface area (Å²) >= 11 is 1.92. The molecule has 0 radical (unpaired) electrons. The summed E-state index contributed by atoms with van der Waals surface area (Å²) in [5, 5.41) is 5.36. The molecule has 0 aromatic rings. The zero-order valence-electron chi connectivity index (χ0n) is 9.55. The fraction of sp³-hybridized carbons (Fsp3) is 0.909. The average molecular weight is 212 g/mol. The molecular weight excluding hydrogens is 192 g/mol. The number of hydrogen-bond acceptors (Lipinski definition) is 3. The summed E-state index contributed by atoms with van der Waals surface area (Å²) in [7, 11) is 0. The minimum atomic E-state index is 0.363. The maximum absolute atomic E-state index is 4.58. The number of nitrogens with zero attached hydrogens (tertiary/aromatic N) is 1. The lowest BCUT2D eigenvalue weighted by Gasteiger charge is -2.25. The largest absolute Gasteiger partial charge is 0.360 e. The lowest BCUT2D eigenvalue weighted by atomic mass is 9.92. The molecule has 0 bridgehead atoms. The Kier molecular flexibility index (Phi) is 2.33. The van der Waals surface area contributed by atoms with Crippen molar-refractivity contribution in [3.05, 3.63) is 0 Å². The van der Waals surface area contributed by atoms with Crippen molar-refractivity contribution in [2.24, 2.45) is 10.4 Å². The molecule has 0 aromatic heterocycles. The number of rotatable bonds is 1. The first-order valence-electron chi connectivity index (χ1n) is 5.38. The number of nitrogens with one attached hydrogen (secondary N) is 1. The van der Waals surface area contributed by atoms with E-state index in [1.807, 2.05) is 11.8 Å². The first kappa shape index (κ1) is 10.3. The first-order valence-corrected chi connectivity index (χ1v) is 6.26. The number of aliphatic imine (C=N–C) groups is 1. The molecule has 0 spiro atoms. The van der Waals surface area contributed by atoms with Crippen molar-refractivity contribution in [1.29, 1.82) is 0 Å². The van der Waals surface area contributed by atoms with Gasteiger partial charge in [-0.2, -0.15) is 0 Å². The summed E-state index contributed by atoms with van der Waals surface area (Å²) in [6.45, 7) is 10.1. The van der Waals surface area contributed by atoms with E-state index in [-0.39, 0.29) is 0 Å². The summed E-state index contributed by atoms with van der Waals surface area (Å²) < 4.78 is 0. The Hall–Kier alpha value is -0.180. The van der Waals surface area contributed by atoms with Crippen LogP contribution in [0.1, 0.15) is 40.5 Å². The third-order valence-electron chi connectivity index (χ3n) is 3.03.